The standard InChI is InChI=1S/C13H17FN4/c1-2-6-18-7-5-16-13(18)8-11(15)12-4-3-10(14)9-17-12/h3-5,7,9,11H,2,6,8,15H2,1H3. The number of nitrogens with two attached hydrogens (primary N) is 1. The number of halogens is 1. The van der Waals surface area contributed by atoms with Crippen molar-refractivity contribution < 1.29 is 4.39 Å². The molecule has 5 heteroatoms. The highest BCUT2D eigenvalue weighted by Gasteiger charge is 2.12. The number of aromatic nitrogens is 3. The van der Waals surface area contributed by atoms with Crippen LogP contribution in [0.1, 0.15) is 30.9 Å². The third-order valence-corrected chi connectivity index (χ3v) is 2.80. The molecule has 2 N–H and O–H groups in total. The number of aryl methyl sites for hydroxylation is 1. The van der Waals surface area contributed by atoms with Crippen LogP contribution in [0.2, 0.25) is 0 Å². The molecule has 1 atom stereocenters. The zero-order valence-electron chi connectivity index (χ0n) is 10.4. The summed E-state index contributed by atoms with van der Waals surface area (Å²) in [5, 5.41) is 0. The molecular weight excluding hydrogens is 231 g/mol. The first-order valence-electron chi connectivity index (χ1n) is 6.07. The minimum atomic E-state index is -0.349. The fourth-order valence-corrected chi connectivity index (χ4v) is 1.88. The third kappa shape index (κ3) is 2.92. The lowest BCUT2D eigenvalue weighted by Crippen LogP contribution is -2.17. The quantitative estimate of drug-likeness (QED) is 0.881. The molecule has 0 aliphatic rings. The first-order chi connectivity index (χ1) is 8.70. The van der Waals surface area contributed by atoms with Gasteiger partial charge in [0.05, 0.1) is 17.9 Å². The first-order valence-corrected chi connectivity index (χ1v) is 6.07. The van der Waals surface area contributed by atoms with Crippen LogP contribution in [0.25, 0.3) is 0 Å². The maximum Gasteiger partial charge on any atom is 0.141 e. The molecule has 18 heavy (non-hydrogen) atoms. The van der Waals surface area contributed by atoms with Crippen molar-refractivity contribution >= 4 is 0 Å². The second-order valence-electron chi connectivity index (χ2n) is 4.25. The van der Waals surface area contributed by atoms with E-state index >= 15 is 0 Å². The lowest BCUT2D eigenvalue weighted by Gasteiger charge is -2.12. The van der Waals surface area contributed by atoms with Crippen molar-refractivity contribution in [3.05, 3.63) is 48.1 Å². The van der Waals surface area contributed by atoms with Gasteiger partial charge >= 0.3 is 0 Å². The fourth-order valence-electron chi connectivity index (χ4n) is 1.88. The number of imidazole rings is 1. The zero-order valence-corrected chi connectivity index (χ0v) is 10.4. The van der Waals surface area contributed by atoms with Crippen LogP contribution in [0, 0.1) is 5.82 Å². The lowest BCUT2D eigenvalue weighted by molar-refractivity contribution is 0.584. The van der Waals surface area contributed by atoms with Gasteiger partial charge in [-0.2, -0.15) is 0 Å². The Hall–Kier alpha value is -1.75. The molecule has 4 nitrogen and oxygen atoms in total. The molecule has 0 aromatic carbocycles. The highest BCUT2D eigenvalue weighted by atomic mass is 19.1. The number of nitrogens with zero attached hydrogens (tertiary/aromatic N) is 3. The Kier molecular flexibility index (Phi) is 4.04. The van der Waals surface area contributed by atoms with E-state index in [2.05, 4.69) is 21.5 Å². The molecule has 2 aromatic rings. The summed E-state index contributed by atoms with van der Waals surface area (Å²) in [6, 6.07) is 2.73. The van der Waals surface area contributed by atoms with Crippen LogP contribution in [0.5, 0.6) is 0 Å². The second-order valence-corrected chi connectivity index (χ2v) is 4.25. The maximum absolute atomic E-state index is 12.8. The Balaban J connectivity index is 2.08. The van der Waals surface area contributed by atoms with E-state index in [-0.39, 0.29) is 11.9 Å². The molecule has 0 bridgehead atoms. The zero-order chi connectivity index (χ0) is 13.0. The summed E-state index contributed by atoms with van der Waals surface area (Å²) in [5.74, 6) is 0.592. The van der Waals surface area contributed by atoms with E-state index in [9.17, 15) is 4.39 Å². The van der Waals surface area contributed by atoms with E-state index in [1.807, 2.05) is 6.20 Å². The van der Waals surface area contributed by atoms with Crippen molar-refractivity contribution in [1.82, 2.24) is 14.5 Å². The number of pyridine rings is 1. The maximum atomic E-state index is 12.8. The van der Waals surface area contributed by atoms with Gasteiger partial charge in [0.25, 0.3) is 0 Å². The van der Waals surface area contributed by atoms with Gasteiger partial charge in [-0.25, -0.2) is 9.37 Å². The molecule has 2 aromatic heterocycles. The van der Waals surface area contributed by atoms with Crippen LogP contribution in [0.15, 0.2) is 30.7 Å². The summed E-state index contributed by atoms with van der Waals surface area (Å²) in [7, 11) is 0. The van der Waals surface area contributed by atoms with Crippen molar-refractivity contribution in [2.45, 2.75) is 32.4 Å². The van der Waals surface area contributed by atoms with Gasteiger partial charge in [-0.3, -0.25) is 4.98 Å². The summed E-state index contributed by atoms with van der Waals surface area (Å²) in [5.41, 5.74) is 6.75. The van der Waals surface area contributed by atoms with Gasteiger partial charge in [0.1, 0.15) is 11.6 Å². The molecular formula is C13H17FN4. The molecule has 2 heterocycles. The Morgan fingerprint density at radius 2 is 2.22 bits per heavy atom. The molecule has 0 saturated heterocycles. The van der Waals surface area contributed by atoms with E-state index in [0.29, 0.717) is 12.1 Å². The van der Waals surface area contributed by atoms with Crippen LogP contribution in [0.3, 0.4) is 0 Å². The topological polar surface area (TPSA) is 56.7 Å². The Morgan fingerprint density at radius 3 is 2.89 bits per heavy atom. The van der Waals surface area contributed by atoms with Gasteiger partial charge < -0.3 is 10.3 Å². The second kappa shape index (κ2) is 5.73. The molecule has 0 aliphatic carbocycles. The average Bonchev–Trinajstić information content (AvgIpc) is 2.78. The van der Waals surface area contributed by atoms with Crippen LogP contribution in [-0.2, 0) is 13.0 Å². The third-order valence-electron chi connectivity index (χ3n) is 2.80. The van der Waals surface area contributed by atoms with E-state index < -0.39 is 0 Å². The monoisotopic (exact) mass is 248 g/mol. The summed E-state index contributed by atoms with van der Waals surface area (Å²) in [4.78, 5) is 8.30. The Labute approximate surface area is 106 Å². The van der Waals surface area contributed by atoms with Crippen molar-refractivity contribution in [3.8, 4) is 0 Å². The lowest BCUT2D eigenvalue weighted by atomic mass is 10.1. The van der Waals surface area contributed by atoms with Gasteiger partial charge in [-0.15, -0.1) is 0 Å². The van der Waals surface area contributed by atoms with E-state index in [4.69, 9.17) is 5.73 Å². The predicted octanol–water partition coefficient (Wildman–Crippen LogP) is 2.07. The summed E-state index contributed by atoms with van der Waals surface area (Å²) in [6.45, 7) is 3.05. The van der Waals surface area contributed by atoms with Gasteiger partial charge in [0.15, 0.2) is 0 Å². The van der Waals surface area contributed by atoms with E-state index in [0.717, 1.165) is 18.8 Å². The minimum absolute atomic E-state index is 0.261. The van der Waals surface area contributed by atoms with Crippen LogP contribution in [-0.4, -0.2) is 14.5 Å². The van der Waals surface area contributed by atoms with Gasteiger partial charge in [0.2, 0.25) is 0 Å². The van der Waals surface area contributed by atoms with Crippen molar-refractivity contribution in [3.63, 3.8) is 0 Å². The molecule has 2 rings (SSSR count). The number of hydrogen-bond donors (Lipinski definition) is 1. The minimum Gasteiger partial charge on any atom is -0.335 e. The molecule has 1 unspecified atom stereocenters. The number of hydrogen-bond acceptors (Lipinski definition) is 3. The van der Waals surface area contributed by atoms with Gasteiger partial charge in [-0.05, 0) is 18.6 Å². The van der Waals surface area contributed by atoms with Gasteiger partial charge in [0, 0.05) is 25.4 Å². The molecule has 0 amide bonds. The SMILES string of the molecule is CCCn1ccnc1CC(N)c1ccc(F)cn1. The molecule has 0 spiro atoms. The molecule has 0 aliphatic heterocycles. The highest BCUT2D eigenvalue weighted by Crippen LogP contribution is 2.13. The summed E-state index contributed by atoms with van der Waals surface area (Å²) >= 11 is 0. The predicted molar refractivity (Wildman–Crippen MR) is 67.3 cm³/mol. The summed E-state index contributed by atoms with van der Waals surface area (Å²) in [6.07, 6.45) is 6.56. The van der Waals surface area contributed by atoms with Crippen molar-refractivity contribution in [2.24, 2.45) is 5.73 Å². The van der Waals surface area contributed by atoms with Gasteiger partial charge in [-0.1, -0.05) is 6.92 Å². The summed E-state index contributed by atoms with van der Waals surface area (Å²) < 4.78 is 14.9. The average molecular weight is 248 g/mol. The van der Waals surface area contributed by atoms with Crippen LogP contribution < -0.4 is 5.73 Å². The van der Waals surface area contributed by atoms with Crippen molar-refractivity contribution in [2.75, 3.05) is 0 Å². The largest absolute Gasteiger partial charge is 0.335 e. The Morgan fingerprint density at radius 1 is 1.39 bits per heavy atom. The smallest absolute Gasteiger partial charge is 0.141 e. The number of rotatable bonds is 5. The first kappa shape index (κ1) is 12.7. The van der Waals surface area contributed by atoms with Crippen LogP contribution in [0.4, 0.5) is 4.39 Å². The van der Waals surface area contributed by atoms with E-state index in [1.54, 1.807) is 12.3 Å². The highest BCUT2D eigenvalue weighted by molar-refractivity contribution is 5.11. The molecule has 96 valence electrons. The fraction of sp³-hybridized carbons (Fsp3) is 0.385. The normalized spacial score (nSPS) is 12.6. The molecule has 0 saturated carbocycles. The molecule has 0 radical (unpaired) electrons. The van der Waals surface area contributed by atoms with E-state index in [1.165, 1.54) is 12.3 Å². The van der Waals surface area contributed by atoms with Crippen molar-refractivity contribution in [1.29, 1.82) is 0 Å². The Bertz CT molecular complexity index is 492. The van der Waals surface area contributed by atoms with Crippen LogP contribution >= 0.6 is 0 Å². The molecule has 0 fully saturated rings.